The molecule has 1 aliphatic heterocycles. The molecule has 2 fully saturated rings. The second kappa shape index (κ2) is 7.66. The van der Waals surface area contributed by atoms with E-state index >= 15 is 0 Å². The minimum absolute atomic E-state index is 0.267. The average molecular weight is 378 g/mol. The van der Waals surface area contributed by atoms with Crippen molar-refractivity contribution in [3.63, 3.8) is 0 Å². The topological polar surface area (TPSA) is 78.5 Å². The Labute approximate surface area is 158 Å². The van der Waals surface area contributed by atoms with Crippen LogP contribution in [0.25, 0.3) is 0 Å². The number of hydrogen-bond donors (Lipinski definition) is 2. The van der Waals surface area contributed by atoms with Gasteiger partial charge in [-0.05, 0) is 37.5 Å². The quantitative estimate of drug-likeness (QED) is 0.791. The Morgan fingerprint density at radius 1 is 1.27 bits per heavy atom. The van der Waals surface area contributed by atoms with Gasteiger partial charge in [-0.2, -0.15) is 0 Å². The number of hydrogen-bond acceptors (Lipinski definition) is 3. The van der Waals surface area contributed by atoms with E-state index in [2.05, 4.69) is 10.6 Å². The molecule has 2 N–H and O–H groups in total. The molecule has 140 valence electrons. The highest BCUT2D eigenvalue weighted by Gasteiger charge is 2.51. The lowest BCUT2D eigenvalue weighted by atomic mass is 9.90. The van der Waals surface area contributed by atoms with E-state index < -0.39 is 11.6 Å². The number of halogens is 1. The lowest BCUT2D eigenvalue weighted by molar-refractivity contribution is -0.135. The summed E-state index contributed by atoms with van der Waals surface area (Å²) in [6.45, 7) is 1.57. The van der Waals surface area contributed by atoms with E-state index in [-0.39, 0.29) is 24.4 Å². The van der Waals surface area contributed by atoms with Crippen molar-refractivity contribution in [2.45, 2.75) is 57.0 Å². The van der Waals surface area contributed by atoms with Crippen LogP contribution in [0.15, 0.2) is 24.3 Å². The number of nitrogens with zero attached hydrogens (tertiary/aromatic N) is 1. The molecule has 3 rings (SSSR count). The zero-order chi connectivity index (χ0) is 18.7. The molecule has 1 saturated carbocycles. The Bertz CT molecular complexity index is 714. The van der Waals surface area contributed by atoms with E-state index in [1.54, 1.807) is 12.1 Å². The van der Waals surface area contributed by atoms with Crippen molar-refractivity contribution in [3.05, 3.63) is 34.9 Å². The first kappa shape index (κ1) is 18.7. The van der Waals surface area contributed by atoms with Crippen LogP contribution in [-0.2, 0) is 9.59 Å². The number of amides is 4. The average Bonchev–Trinajstić information content (AvgIpc) is 2.77. The van der Waals surface area contributed by atoms with Crippen molar-refractivity contribution in [2.75, 3.05) is 6.54 Å². The molecule has 1 heterocycles. The predicted octanol–water partition coefficient (Wildman–Crippen LogP) is 3.16. The first-order valence-corrected chi connectivity index (χ1v) is 9.48. The van der Waals surface area contributed by atoms with Crippen molar-refractivity contribution < 1.29 is 14.4 Å². The third-order valence-corrected chi connectivity index (χ3v) is 5.47. The molecule has 0 bridgehead atoms. The van der Waals surface area contributed by atoms with Crippen LogP contribution in [-0.4, -0.2) is 34.8 Å². The van der Waals surface area contributed by atoms with Crippen LogP contribution in [0.2, 0.25) is 5.02 Å². The van der Waals surface area contributed by atoms with E-state index in [9.17, 15) is 14.4 Å². The van der Waals surface area contributed by atoms with Crippen molar-refractivity contribution in [3.8, 4) is 0 Å². The van der Waals surface area contributed by atoms with Gasteiger partial charge in [-0.25, -0.2) is 4.79 Å². The number of nitrogens with one attached hydrogen (secondary N) is 2. The zero-order valence-corrected chi connectivity index (χ0v) is 15.6. The van der Waals surface area contributed by atoms with Crippen LogP contribution in [0.5, 0.6) is 0 Å². The van der Waals surface area contributed by atoms with Gasteiger partial charge in [0.15, 0.2) is 0 Å². The van der Waals surface area contributed by atoms with Crippen LogP contribution >= 0.6 is 11.6 Å². The maximum Gasteiger partial charge on any atom is 0.325 e. The number of rotatable bonds is 4. The number of urea groups is 1. The summed E-state index contributed by atoms with van der Waals surface area (Å²) < 4.78 is 0. The van der Waals surface area contributed by atoms with Crippen LogP contribution in [0, 0.1) is 0 Å². The van der Waals surface area contributed by atoms with Gasteiger partial charge in [0.25, 0.3) is 5.91 Å². The lowest BCUT2D eigenvalue weighted by Gasteiger charge is -2.24. The highest BCUT2D eigenvalue weighted by molar-refractivity contribution is 6.30. The van der Waals surface area contributed by atoms with Gasteiger partial charge in [0, 0.05) is 5.02 Å². The first-order valence-electron chi connectivity index (χ1n) is 9.10. The molecule has 0 radical (unpaired) electrons. The summed E-state index contributed by atoms with van der Waals surface area (Å²) in [7, 11) is 0. The largest absolute Gasteiger partial charge is 0.348 e. The Morgan fingerprint density at radius 2 is 1.96 bits per heavy atom. The second-order valence-corrected chi connectivity index (χ2v) is 7.60. The molecular formula is C19H24ClN3O3. The molecule has 1 aromatic rings. The van der Waals surface area contributed by atoms with Crippen molar-refractivity contribution in [2.24, 2.45) is 0 Å². The summed E-state index contributed by atoms with van der Waals surface area (Å²) in [5.41, 5.74) is 0.0511. The van der Waals surface area contributed by atoms with Gasteiger partial charge in [-0.3, -0.25) is 14.5 Å². The Balaban J connectivity index is 1.63. The van der Waals surface area contributed by atoms with Crippen LogP contribution < -0.4 is 10.6 Å². The summed E-state index contributed by atoms with van der Waals surface area (Å²) in [5, 5.41) is 6.26. The smallest absolute Gasteiger partial charge is 0.325 e. The van der Waals surface area contributed by atoms with Crippen LogP contribution in [0.3, 0.4) is 0 Å². The molecule has 4 amide bonds. The highest BCUT2D eigenvalue weighted by Crippen LogP contribution is 2.32. The van der Waals surface area contributed by atoms with Crippen LogP contribution in [0.1, 0.15) is 57.1 Å². The molecular weight excluding hydrogens is 354 g/mol. The summed E-state index contributed by atoms with van der Waals surface area (Å²) in [5.74, 6) is -0.637. The predicted molar refractivity (Wildman–Crippen MR) is 98.7 cm³/mol. The Morgan fingerprint density at radius 3 is 2.62 bits per heavy atom. The fraction of sp³-hybridized carbons (Fsp3) is 0.526. The van der Waals surface area contributed by atoms with Crippen molar-refractivity contribution in [1.82, 2.24) is 15.5 Å². The van der Waals surface area contributed by atoms with Crippen molar-refractivity contribution >= 4 is 29.4 Å². The lowest BCUT2D eigenvalue weighted by Crippen LogP contribution is -2.47. The van der Waals surface area contributed by atoms with Gasteiger partial charge in [0.2, 0.25) is 5.91 Å². The molecule has 2 aliphatic rings. The standard InChI is InChI=1S/C19H24ClN3O3/c1-13(14-7-6-8-15(20)11-14)21-16(24)12-23-17(25)19(22-18(23)26)9-4-2-3-5-10-19/h6-8,11,13H,2-5,9-10,12H2,1H3,(H,21,24)(H,22,26)/t13-/m0/s1. The molecule has 1 aliphatic carbocycles. The third-order valence-electron chi connectivity index (χ3n) is 5.23. The maximum absolute atomic E-state index is 12.8. The maximum atomic E-state index is 12.8. The molecule has 1 atom stereocenters. The van der Waals surface area contributed by atoms with E-state index in [1.165, 1.54) is 0 Å². The SMILES string of the molecule is C[C@H](NC(=O)CN1C(=O)NC2(CCCCCC2)C1=O)c1cccc(Cl)c1. The summed E-state index contributed by atoms with van der Waals surface area (Å²) in [4.78, 5) is 38.6. The summed E-state index contributed by atoms with van der Waals surface area (Å²) >= 11 is 5.98. The van der Waals surface area contributed by atoms with E-state index in [1.807, 2.05) is 19.1 Å². The number of imide groups is 1. The molecule has 7 heteroatoms. The first-order chi connectivity index (χ1) is 12.4. The minimum Gasteiger partial charge on any atom is -0.348 e. The highest BCUT2D eigenvalue weighted by atomic mass is 35.5. The van der Waals surface area contributed by atoms with Gasteiger partial charge in [0.05, 0.1) is 6.04 Å². The Kier molecular flexibility index (Phi) is 5.51. The molecule has 26 heavy (non-hydrogen) atoms. The molecule has 1 aromatic carbocycles. The molecule has 0 aromatic heterocycles. The fourth-order valence-corrected chi connectivity index (χ4v) is 3.98. The molecule has 1 spiro atoms. The van der Waals surface area contributed by atoms with Crippen LogP contribution in [0.4, 0.5) is 4.79 Å². The Hall–Kier alpha value is -2.08. The second-order valence-electron chi connectivity index (χ2n) is 7.16. The minimum atomic E-state index is -0.813. The summed E-state index contributed by atoms with van der Waals surface area (Å²) in [6.07, 6.45) is 5.27. The normalized spacial score (nSPS) is 20.6. The van der Waals surface area contributed by atoms with E-state index in [4.69, 9.17) is 11.6 Å². The monoisotopic (exact) mass is 377 g/mol. The number of carbonyl (C=O) groups is 3. The van der Waals surface area contributed by atoms with Gasteiger partial charge >= 0.3 is 6.03 Å². The zero-order valence-electron chi connectivity index (χ0n) is 14.9. The van der Waals surface area contributed by atoms with Gasteiger partial charge < -0.3 is 10.6 Å². The van der Waals surface area contributed by atoms with Gasteiger partial charge in [-0.1, -0.05) is 49.4 Å². The molecule has 6 nitrogen and oxygen atoms in total. The number of carbonyl (C=O) groups excluding carboxylic acids is 3. The third kappa shape index (κ3) is 3.85. The fourth-order valence-electron chi connectivity index (χ4n) is 3.78. The molecule has 1 saturated heterocycles. The van der Waals surface area contributed by atoms with Gasteiger partial charge in [0.1, 0.15) is 12.1 Å². The van der Waals surface area contributed by atoms with Gasteiger partial charge in [-0.15, -0.1) is 0 Å². The van der Waals surface area contributed by atoms with E-state index in [0.29, 0.717) is 17.9 Å². The number of benzene rings is 1. The summed E-state index contributed by atoms with van der Waals surface area (Å²) in [6, 6.07) is 6.48. The van der Waals surface area contributed by atoms with E-state index in [0.717, 1.165) is 36.1 Å². The van der Waals surface area contributed by atoms with Crippen molar-refractivity contribution in [1.29, 1.82) is 0 Å². The molecule has 0 unspecified atom stereocenters.